The first-order chi connectivity index (χ1) is 10.9. The lowest BCUT2D eigenvalue weighted by atomic mass is 10.2. The van der Waals surface area contributed by atoms with E-state index in [1.54, 1.807) is 22.7 Å². The molecular formula is C16H14N4S2. The highest BCUT2D eigenvalue weighted by molar-refractivity contribution is 7.22. The van der Waals surface area contributed by atoms with E-state index < -0.39 is 0 Å². The van der Waals surface area contributed by atoms with E-state index in [1.807, 2.05) is 6.07 Å². The Balaban J connectivity index is 1.41. The zero-order chi connectivity index (χ0) is 14.8. The van der Waals surface area contributed by atoms with Gasteiger partial charge in [-0.15, -0.1) is 21.5 Å². The summed E-state index contributed by atoms with van der Waals surface area (Å²) in [6, 6.07) is 14.7. The molecule has 0 fully saturated rings. The van der Waals surface area contributed by atoms with Gasteiger partial charge in [-0.1, -0.05) is 35.6 Å². The molecule has 6 heteroatoms. The molecule has 0 radical (unpaired) electrons. The molecule has 4 nitrogen and oxygen atoms in total. The van der Waals surface area contributed by atoms with Gasteiger partial charge in [-0.2, -0.15) is 0 Å². The van der Waals surface area contributed by atoms with Crippen LogP contribution in [-0.4, -0.2) is 21.3 Å². The van der Waals surface area contributed by atoms with Gasteiger partial charge in [0.1, 0.15) is 0 Å². The number of rotatable bonds is 5. The Hall–Kier alpha value is -2.18. The fourth-order valence-corrected chi connectivity index (χ4v) is 3.97. The molecule has 0 amide bonds. The second-order valence-corrected chi connectivity index (χ2v) is 6.81. The minimum Gasteiger partial charge on any atom is -0.358 e. The number of nitrogens with zero attached hydrogens (tertiary/aromatic N) is 3. The molecule has 1 N–H and O–H groups in total. The van der Waals surface area contributed by atoms with Crippen LogP contribution in [0.3, 0.4) is 0 Å². The number of hydrogen-bond donors (Lipinski definition) is 1. The van der Waals surface area contributed by atoms with Crippen LogP contribution in [0.1, 0.15) is 0 Å². The highest BCUT2D eigenvalue weighted by atomic mass is 32.1. The molecule has 0 aliphatic rings. The number of nitrogens with one attached hydrogen (secondary N) is 1. The lowest BCUT2D eigenvalue weighted by Crippen LogP contribution is -2.09. The van der Waals surface area contributed by atoms with Crippen LogP contribution in [0, 0.1) is 0 Å². The average Bonchev–Trinajstić information content (AvgIpc) is 3.28. The van der Waals surface area contributed by atoms with Crippen molar-refractivity contribution in [1.29, 1.82) is 0 Å². The van der Waals surface area contributed by atoms with Gasteiger partial charge in [-0.25, -0.2) is 0 Å². The van der Waals surface area contributed by atoms with Gasteiger partial charge in [0.25, 0.3) is 0 Å². The van der Waals surface area contributed by atoms with Crippen molar-refractivity contribution < 1.29 is 0 Å². The third-order valence-electron chi connectivity index (χ3n) is 3.47. The van der Waals surface area contributed by atoms with Crippen LogP contribution >= 0.6 is 22.7 Å². The predicted molar refractivity (Wildman–Crippen MR) is 93.6 cm³/mol. The Morgan fingerprint density at radius 1 is 1.05 bits per heavy atom. The van der Waals surface area contributed by atoms with Crippen molar-refractivity contribution in [2.75, 3.05) is 11.9 Å². The second kappa shape index (κ2) is 5.90. The molecule has 0 aliphatic heterocycles. The van der Waals surface area contributed by atoms with Crippen LogP contribution in [0.4, 0.5) is 5.13 Å². The van der Waals surface area contributed by atoms with Gasteiger partial charge in [0.15, 0.2) is 5.01 Å². The molecule has 3 aromatic heterocycles. The molecule has 4 rings (SSSR count). The number of fused-ring (bicyclic) bond motifs is 1. The molecule has 0 bridgehead atoms. The van der Waals surface area contributed by atoms with Gasteiger partial charge < -0.3 is 9.88 Å². The fraction of sp³-hybridized carbons (Fsp3) is 0.125. The first-order valence-electron chi connectivity index (χ1n) is 7.05. The van der Waals surface area contributed by atoms with E-state index >= 15 is 0 Å². The van der Waals surface area contributed by atoms with Crippen molar-refractivity contribution in [1.82, 2.24) is 14.8 Å². The van der Waals surface area contributed by atoms with E-state index in [4.69, 9.17) is 0 Å². The van der Waals surface area contributed by atoms with Crippen molar-refractivity contribution in [3.63, 3.8) is 0 Å². The Kier molecular flexibility index (Phi) is 3.62. The molecule has 22 heavy (non-hydrogen) atoms. The first-order valence-corrected chi connectivity index (χ1v) is 8.75. The first kappa shape index (κ1) is 13.5. The SMILES string of the molecule is c1csc(-c2nnc(NCCn3ccc4ccccc43)s2)c1. The molecule has 0 aliphatic carbocycles. The highest BCUT2D eigenvalue weighted by Gasteiger charge is 2.07. The van der Waals surface area contributed by atoms with Crippen molar-refractivity contribution in [2.24, 2.45) is 0 Å². The zero-order valence-corrected chi connectivity index (χ0v) is 13.4. The Morgan fingerprint density at radius 2 is 2.00 bits per heavy atom. The zero-order valence-electron chi connectivity index (χ0n) is 11.8. The maximum Gasteiger partial charge on any atom is 0.206 e. The highest BCUT2D eigenvalue weighted by Crippen LogP contribution is 2.29. The Bertz CT molecular complexity index is 876. The van der Waals surface area contributed by atoms with E-state index in [2.05, 4.69) is 68.1 Å². The van der Waals surface area contributed by atoms with E-state index in [0.29, 0.717) is 0 Å². The topological polar surface area (TPSA) is 42.7 Å². The maximum absolute atomic E-state index is 4.23. The van der Waals surface area contributed by atoms with Gasteiger partial charge in [0, 0.05) is 24.8 Å². The van der Waals surface area contributed by atoms with E-state index in [9.17, 15) is 0 Å². The number of benzene rings is 1. The van der Waals surface area contributed by atoms with E-state index in [0.717, 1.165) is 23.2 Å². The van der Waals surface area contributed by atoms with Crippen LogP contribution in [0.5, 0.6) is 0 Å². The summed E-state index contributed by atoms with van der Waals surface area (Å²) in [7, 11) is 0. The molecule has 4 aromatic rings. The van der Waals surface area contributed by atoms with E-state index in [1.165, 1.54) is 15.8 Å². The van der Waals surface area contributed by atoms with E-state index in [-0.39, 0.29) is 0 Å². The molecule has 0 spiro atoms. The number of hydrogen-bond acceptors (Lipinski definition) is 5. The summed E-state index contributed by atoms with van der Waals surface area (Å²) in [6.07, 6.45) is 2.13. The summed E-state index contributed by atoms with van der Waals surface area (Å²) in [6.45, 7) is 1.74. The van der Waals surface area contributed by atoms with Gasteiger partial charge in [-0.3, -0.25) is 0 Å². The summed E-state index contributed by atoms with van der Waals surface area (Å²) in [5.41, 5.74) is 1.26. The van der Waals surface area contributed by atoms with Crippen LogP contribution in [0.2, 0.25) is 0 Å². The number of para-hydroxylation sites is 1. The quantitative estimate of drug-likeness (QED) is 0.593. The third-order valence-corrected chi connectivity index (χ3v) is 5.39. The van der Waals surface area contributed by atoms with Crippen molar-refractivity contribution in [3.05, 3.63) is 54.0 Å². The lowest BCUT2D eigenvalue weighted by Gasteiger charge is -2.05. The summed E-state index contributed by atoms with van der Waals surface area (Å²) >= 11 is 3.29. The van der Waals surface area contributed by atoms with Crippen LogP contribution in [0.25, 0.3) is 20.8 Å². The van der Waals surface area contributed by atoms with Crippen molar-refractivity contribution in [2.45, 2.75) is 6.54 Å². The number of anilines is 1. The minimum atomic E-state index is 0.831. The van der Waals surface area contributed by atoms with Crippen LogP contribution in [-0.2, 0) is 6.54 Å². The lowest BCUT2D eigenvalue weighted by molar-refractivity contribution is 0.756. The maximum atomic E-state index is 4.23. The normalized spacial score (nSPS) is 11.1. The summed E-state index contributed by atoms with van der Waals surface area (Å²) in [4.78, 5) is 1.17. The molecule has 0 atom stereocenters. The Labute approximate surface area is 136 Å². The minimum absolute atomic E-state index is 0.831. The second-order valence-electron chi connectivity index (χ2n) is 4.88. The molecule has 1 aromatic carbocycles. The Morgan fingerprint density at radius 3 is 2.91 bits per heavy atom. The predicted octanol–water partition coefficient (Wildman–Crippen LogP) is 4.33. The number of thiophene rings is 1. The van der Waals surface area contributed by atoms with Gasteiger partial charge in [0.2, 0.25) is 5.13 Å². The monoisotopic (exact) mass is 326 g/mol. The van der Waals surface area contributed by atoms with Crippen LogP contribution < -0.4 is 5.32 Å². The molecular weight excluding hydrogens is 312 g/mol. The summed E-state index contributed by atoms with van der Waals surface area (Å²) in [5.74, 6) is 0. The standard InChI is InChI=1S/C16H14N4S2/c1-2-5-13-12(4-1)7-9-20(13)10-8-17-16-19-18-15(22-16)14-6-3-11-21-14/h1-7,9,11H,8,10H2,(H,17,19). The number of aromatic nitrogens is 3. The largest absolute Gasteiger partial charge is 0.358 e. The van der Waals surface area contributed by atoms with Gasteiger partial charge in [0.05, 0.1) is 4.88 Å². The molecule has 3 heterocycles. The summed E-state index contributed by atoms with van der Waals surface area (Å²) < 4.78 is 2.25. The molecule has 0 saturated heterocycles. The van der Waals surface area contributed by atoms with Gasteiger partial charge in [-0.05, 0) is 29.0 Å². The fourth-order valence-electron chi connectivity index (χ4n) is 2.41. The van der Waals surface area contributed by atoms with Crippen molar-refractivity contribution in [3.8, 4) is 9.88 Å². The van der Waals surface area contributed by atoms with Gasteiger partial charge >= 0.3 is 0 Å². The van der Waals surface area contributed by atoms with Crippen LogP contribution in [0.15, 0.2) is 54.0 Å². The molecule has 0 saturated carbocycles. The third kappa shape index (κ3) is 2.63. The molecule has 0 unspecified atom stereocenters. The van der Waals surface area contributed by atoms with Crippen molar-refractivity contribution >= 4 is 38.7 Å². The molecule has 110 valence electrons. The summed E-state index contributed by atoms with van der Waals surface area (Å²) in [5, 5.41) is 17.0. The smallest absolute Gasteiger partial charge is 0.206 e. The average molecular weight is 326 g/mol.